The molecule has 0 saturated carbocycles. The van der Waals surface area contributed by atoms with E-state index in [1.54, 1.807) is 30.3 Å². The molecule has 0 heterocycles. The summed E-state index contributed by atoms with van der Waals surface area (Å²) in [6.07, 6.45) is -0.363. The fraction of sp³-hybridized carbons (Fsp3) is 0.385. The van der Waals surface area contributed by atoms with Crippen molar-refractivity contribution in [2.75, 3.05) is 26.9 Å². The summed E-state index contributed by atoms with van der Waals surface area (Å²) in [5.74, 6) is -0.561. The number of aliphatic hydroxyl groups is 2. The molecule has 1 aliphatic rings. The lowest BCUT2D eigenvalue weighted by Gasteiger charge is -2.40. The minimum Gasteiger partial charge on any atom is -0.482 e. The molecule has 0 aliphatic heterocycles. The number of amides is 2. The molecule has 0 saturated heterocycles. The molecule has 0 unspecified atom stereocenters. The summed E-state index contributed by atoms with van der Waals surface area (Å²) < 4.78 is 25.5. The maximum Gasteiger partial charge on any atom is 0.247 e. The van der Waals surface area contributed by atoms with Crippen LogP contribution in [0.4, 0.5) is 4.39 Å². The molecule has 8 nitrogen and oxygen atoms in total. The molecule has 0 bridgehead atoms. The SMILES string of the molecule is COCCC(=O)N(Cc1ccc(F)cc1)[C@@H]1CC(C(=O)NCCO)=C[C@H](Oc2ccccc2I)[C@H]1O. The number of hydrogen-bond donors (Lipinski definition) is 3. The Hall–Kier alpha value is -2.54. The smallest absolute Gasteiger partial charge is 0.247 e. The Labute approximate surface area is 223 Å². The third-order valence-electron chi connectivity index (χ3n) is 5.82. The number of nitrogens with zero attached hydrogens (tertiary/aromatic N) is 1. The van der Waals surface area contributed by atoms with Crippen molar-refractivity contribution in [1.82, 2.24) is 10.2 Å². The molecule has 3 N–H and O–H groups in total. The van der Waals surface area contributed by atoms with Crippen molar-refractivity contribution in [3.05, 3.63) is 75.1 Å². The molecular weight excluding hydrogens is 582 g/mol. The van der Waals surface area contributed by atoms with E-state index in [0.717, 1.165) is 3.57 Å². The Bertz CT molecular complexity index is 1060. The minimum atomic E-state index is -1.15. The van der Waals surface area contributed by atoms with Crippen molar-refractivity contribution in [2.24, 2.45) is 0 Å². The topological polar surface area (TPSA) is 108 Å². The summed E-state index contributed by atoms with van der Waals surface area (Å²) in [7, 11) is 1.49. The van der Waals surface area contributed by atoms with Crippen molar-refractivity contribution < 1.29 is 33.7 Å². The third-order valence-corrected chi connectivity index (χ3v) is 6.71. The van der Waals surface area contributed by atoms with Gasteiger partial charge in [0.15, 0.2) is 0 Å². The number of carbonyl (C=O) groups excluding carboxylic acids is 2. The number of benzene rings is 2. The number of rotatable bonds is 11. The third kappa shape index (κ3) is 7.48. The molecule has 0 fully saturated rings. The van der Waals surface area contributed by atoms with E-state index in [9.17, 15) is 19.1 Å². The number of ether oxygens (including phenoxy) is 2. The van der Waals surface area contributed by atoms with Crippen LogP contribution in [0.1, 0.15) is 18.4 Å². The number of aliphatic hydroxyl groups excluding tert-OH is 2. The monoisotopic (exact) mass is 612 g/mol. The first-order chi connectivity index (χ1) is 17.3. The van der Waals surface area contributed by atoms with E-state index in [0.29, 0.717) is 16.9 Å². The molecule has 36 heavy (non-hydrogen) atoms. The highest BCUT2D eigenvalue weighted by Gasteiger charge is 2.40. The van der Waals surface area contributed by atoms with Gasteiger partial charge in [-0.2, -0.15) is 0 Å². The van der Waals surface area contributed by atoms with Gasteiger partial charge in [-0.25, -0.2) is 4.39 Å². The fourth-order valence-corrected chi connectivity index (χ4v) is 4.49. The molecule has 2 amide bonds. The zero-order chi connectivity index (χ0) is 26.1. The quantitative estimate of drug-likeness (QED) is 0.337. The van der Waals surface area contributed by atoms with Gasteiger partial charge < -0.3 is 29.9 Å². The maximum absolute atomic E-state index is 13.5. The number of hydrogen-bond acceptors (Lipinski definition) is 6. The number of methoxy groups -OCH3 is 1. The van der Waals surface area contributed by atoms with E-state index in [2.05, 4.69) is 27.9 Å². The molecule has 1 aliphatic carbocycles. The lowest BCUT2D eigenvalue weighted by Crippen LogP contribution is -2.55. The molecule has 10 heteroatoms. The van der Waals surface area contributed by atoms with Crippen LogP contribution in [-0.2, 0) is 20.9 Å². The van der Waals surface area contributed by atoms with Gasteiger partial charge in [0.1, 0.15) is 23.8 Å². The fourth-order valence-electron chi connectivity index (χ4n) is 3.98. The van der Waals surface area contributed by atoms with Gasteiger partial charge in [0.2, 0.25) is 11.8 Å². The summed E-state index contributed by atoms with van der Waals surface area (Å²) in [5, 5.41) is 23.1. The van der Waals surface area contributed by atoms with E-state index in [1.165, 1.54) is 24.1 Å². The van der Waals surface area contributed by atoms with Gasteiger partial charge in [-0.3, -0.25) is 9.59 Å². The zero-order valence-electron chi connectivity index (χ0n) is 19.9. The highest BCUT2D eigenvalue weighted by atomic mass is 127. The molecule has 0 radical (unpaired) electrons. The molecule has 3 rings (SSSR count). The van der Waals surface area contributed by atoms with Crippen LogP contribution in [0, 0.1) is 9.39 Å². The first-order valence-corrected chi connectivity index (χ1v) is 12.6. The highest BCUT2D eigenvalue weighted by Crippen LogP contribution is 2.30. The normalized spacial score (nSPS) is 19.4. The van der Waals surface area contributed by atoms with E-state index < -0.39 is 30.0 Å². The van der Waals surface area contributed by atoms with E-state index >= 15 is 0 Å². The van der Waals surface area contributed by atoms with Gasteiger partial charge in [0.25, 0.3) is 0 Å². The van der Waals surface area contributed by atoms with Crippen LogP contribution in [0.5, 0.6) is 5.75 Å². The van der Waals surface area contributed by atoms with Gasteiger partial charge >= 0.3 is 0 Å². The second-order valence-corrected chi connectivity index (χ2v) is 9.50. The number of halogens is 2. The Morgan fingerprint density at radius 2 is 1.92 bits per heavy atom. The van der Waals surface area contributed by atoms with Gasteiger partial charge in [-0.1, -0.05) is 24.3 Å². The Balaban J connectivity index is 1.96. The van der Waals surface area contributed by atoms with Crippen LogP contribution in [0.15, 0.2) is 60.2 Å². The van der Waals surface area contributed by atoms with Gasteiger partial charge in [-0.15, -0.1) is 0 Å². The standard InChI is InChI=1S/C26H30FIN2O6/c1-35-13-10-24(32)30(16-17-6-8-19(27)9-7-17)21-14-18(26(34)29-11-12-31)15-23(25(21)33)36-22-5-3-2-4-20(22)28/h2-9,15,21,23,25,31,33H,10-14,16H2,1H3,(H,29,34)/t21-,23+,25+/m1/s1. The van der Waals surface area contributed by atoms with Crippen LogP contribution < -0.4 is 10.1 Å². The summed E-state index contributed by atoms with van der Waals surface area (Å²) in [5.41, 5.74) is 1.00. The summed E-state index contributed by atoms with van der Waals surface area (Å²) in [6.45, 7) is 0.131. The minimum absolute atomic E-state index is 0.0670. The van der Waals surface area contributed by atoms with Crippen molar-refractivity contribution in [3.8, 4) is 5.75 Å². The second-order valence-electron chi connectivity index (χ2n) is 8.34. The number of para-hydroxylation sites is 1. The van der Waals surface area contributed by atoms with Gasteiger partial charge in [-0.05, 0) is 58.5 Å². The number of nitrogens with one attached hydrogen (secondary N) is 1. The van der Waals surface area contributed by atoms with Crippen molar-refractivity contribution in [2.45, 2.75) is 37.6 Å². The largest absolute Gasteiger partial charge is 0.482 e. The van der Waals surface area contributed by atoms with Crippen LogP contribution in [-0.4, -0.2) is 72.0 Å². The molecule has 2 aromatic rings. The predicted octanol–water partition coefficient (Wildman–Crippen LogP) is 2.41. The van der Waals surface area contributed by atoms with E-state index in [1.807, 2.05) is 12.1 Å². The molecule has 3 atom stereocenters. The van der Waals surface area contributed by atoms with Gasteiger partial charge in [0, 0.05) is 32.2 Å². The Morgan fingerprint density at radius 3 is 2.58 bits per heavy atom. The molecule has 0 spiro atoms. The van der Waals surface area contributed by atoms with Crippen molar-refractivity contribution in [3.63, 3.8) is 0 Å². The predicted molar refractivity (Wildman–Crippen MR) is 140 cm³/mol. The van der Waals surface area contributed by atoms with Crippen LogP contribution in [0.2, 0.25) is 0 Å². The molecule has 194 valence electrons. The molecular formula is C26H30FIN2O6. The lowest BCUT2D eigenvalue weighted by molar-refractivity contribution is -0.140. The second kappa shape index (κ2) is 13.7. The van der Waals surface area contributed by atoms with Crippen LogP contribution >= 0.6 is 22.6 Å². The molecule has 2 aromatic carbocycles. The summed E-state index contributed by atoms with van der Waals surface area (Å²) in [6, 6.07) is 12.2. The summed E-state index contributed by atoms with van der Waals surface area (Å²) >= 11 is 2.12. The average Bonchev–Trinajstić information content (AvgIpc) is 2.88. The Morgan fingerprint density at radius 1 is 1.19 bits per heavy atom. The first kappa shape index (κ1) is 28.0. The lowest BCUT2D eigenvalue weighted by atomic mass is 9.87. The van der Waals surface area contributed by atoms with Crippen LogP contribution in [0.25, 0.3) is 0 Å². The van der Waals surface area contributed by atoms with Crippen molar-refractivity contribution >= 4 is 34.4 Å². The number of carbonyl (C=O) groups is 2. The maximum atomic E-state index is 13.5. The average molecular weight is 612 g/mol. The highest BCUT2D eigenvalue weighted by molar-refractivity contribution is 14.1. The van der Waals surface area contributed by atoms with Crippen molar-refractivity contribution in [1.29, 1.82) is 0 Å². The zero-order valence-corrected chi connectivity index (χ0v) is 22.1. The van der Waals surface area contributed by atoms with E-state index in [-0.39, 0.29) is 45.1 Å². The Kier molecular flexibility index (Phi) is 10.7. The molecule has 0 aromatic heterocycles. The van der Waals surface area contributed by atoms with E-state index in [4.69, 9.17) is 14.6 Å². The van der Waals surface area contributed by atoms with Gasteiger partial charge in [0.05, 0.1) is 29.2 Å². The van der Waals surface area contributed by atoms with Crippen LogP contribution in [0.3, 0.4) is 0 Å². The first-order valence-electron chi connectivity index (χ1n) is 11.6. The summed E-state index contributed by atoms with van der Waals surface area (Å²) in [4.78, 5) is 27.6.